The zero-order valence-corrected chi connectivity index (χ0v) is 17.9. The van der Waals surface area contributed by atoms with Gasteiger partial charge in [0.25, 0.3) is 0 Å². The minimum atomic E-state index is -4.39. The predicted octanol–water partition coefficient (Wildman–Crippen LogP) is 1.79. The number of aryl methyl sites for hydroxylation is 1. The van der Waals surface area contributed by atoms with Crippen LogP contribution in [0.2, 0.25) is 0 Å². The van der Waals surface area contributed by atoms with Crippen LogP contribution in [0, 0.1) is 12.8 Å². The van der Waals surface area contributed by atoms with Crippen LogP contribution in [0.25, 0.3) is 0 Å². The standard InChI is InChI=1S/C19H27F3N6O3/c1-10(2)15-17(30)25-14-11(3)23-18(26-16(14)27(15)4)24-12-7-28(8-12)13(29)5-6-31-9-19(20,21)22/h10,12,15H,5-9H2,1-4H3,(H,25,30)(H,23,24,26). The Bertz CT molecular complexity index is 842. The highest BCUT2D eigenvalue weighted by atomic mass is 19.4. The number of nitrogens with zero attached hydrogens (tertiary/aromatic N) is 4. The number of halogens is 3. The van der Waals surface area contributed by atoms with Gasteiger partial charge in [-0.25, -0.2) is 4.98 Å². The molecule has 0 radical (unpaired) electrons. The summed E-state index contributed by atoms with van der Waals surface area (Å²) in [7, 11) is 1.82. The third-order valence-electron chi connectivity index (χ3n) is 5.26. The van der Waals surface area contributed by atoms with Gasteiger partial charge in [0.2, 0.25) is 17.8 Å². The Balaban J connectivity index is 1.54. The number of nitrogens with one attached hydrogen (secondary N) is 2. The molecule has 3 rings (SSSR count). The van der Waals surface area contributed by atoms with Gasteiger partial charge in [-0.15, -0.1) is 0 Å². The van der Waals surface area contributed by atoms with Crippen LogP contribution in [0.1, 0.15) is 26.0 Å². The minimum Gasteiger partial charge on any atom is -0.372 e. The first-order chi connectivity index (χ1) is 14.5. The first-order valence-electron chi connectivity index (χ1n) is 10.1. The zero-order chi connectivity index (χ0) is 22.9. The van der Waals surface area contributed by atoms with E-state index in [-0.39, 0.29) is 42.8 Å². The van der Waals surface area contributed by atoms with E-state index < -0.39 is 12.8 Å². The van der Waals surface area contributed by atoms with Gasteiger partial charge in [0, 0.05) is 20.1 Å². The largest absolute Gasteiger partial charge is 0.411 e. The molecule has 2 aliphatic heterocycles. The summed E-state index contributed by atoms with van der Waals surface area (Å²) in [6, 6.07) is -0.409. The first kappa shape index (κ1) is 23.0. The molecule has 1 aromatic heterocycles. The van der Waals surface area contributed by atoms with Crippen molar-refractivity contribution in [2.75, 3.05) is 48.9 Å². The molecule has 0 aliphatic carbocycles. The highest BCUT2D eigenvalue weighted by Crippen LogP contribution is 2.34. The molecule has 172 valence electrons. The van der Waals surface area contributed by atoms with E-state index in [9.17, 15) is 22.8 Å². The van der Waals surface area contributed by atoms with E-state index in [1.807, 2.05) is 25.8 Å². The van der Waals surface area contributed by atoms with Gasteiger partial charge in [-0.05, 0) is 12.8 Å². The number of carbonyl (C=O) groups excluding carboxylic acids is 2. The Labute approximate surface area is 178 Å². The van der Waals surface area contributed by atoms with E-state index in [4.69, 9.17) is 0 Å². The molecular formula is C19H27F3N6O3. The fourth-order valence-corrected chi connectivity index (χ4v) is 3.74. The molecule has 2 amide bonds. The average Bonchev–Trinajstić information content (AvgIpc) is 2.61. The predicted molar refractivity (Wildman–Crippen MR) is 108 cm³/mol. The van der Waals surface area contributed by atoms with E-state index in [1.54, 1.807) is 11.8 Å². The van der Waals surface area contributed by atoms with Gasteiger partial charge in [0.15, 0.2) is 5.82 Å². The number of alkyl halides is 3. The third kappa shape index (κ3) is 5.35. The lowest BCUT2D eigenvalue weighted by atomic mass is 9.99. The second-order valence-corrected chi connectivity index (χ2v) is 8.18. The molecule has 1 fully saturated rings. The molecule has 0 spiro atoms. The van der Waals surface area contributed by atoms with E-state index in [0.29, 0.717) is 36.2 Å². The quantitative estimate of drug-likeness (QED) is 0.619. The number of fused-ring (bicyclic) bond motifs is 1. The van der Waals surface area contributed by atoms with E-state index in [0.717, 1.165) is 0 Å². The van der Waals surface area contributed by atoms with Gasteiger partial charge >= 0.3 is 6.18 Å². The van der Waals surface area contributed by atoms with Crippen molar-refractivity contribution in [2.45, 2.75) is 45.5 Å². The van der Waals surface area contributed by atoms with Crippen LogP contribution >= 0.6 is 0 Å². The van der Waals surface area contributed by atoms with Gasteiger partial charge in [-0.2, -0.15) is 18.2 Å². The van der Waals surface area contributed by atoms with E-state index in [1.165, 1.54) is 0 Å². The van der Waals surface area contributed by atoms with Crippen LogP contribution in [0.3, 0.4) is 0 Å². The number of amides is 2. The number of hydrogen-bond acceptors (Lipinski definition) is 7. The number of hydrogen-bond donors (Lipinski definition) is 2. The first-order valence-corrected chi connectivity index (χ1v) is 10.1. The summed E-state index contributed by atoms with van der Waals surface area (Å²) in [5.41, 5.74) is 1.21. The second kappa shape index (κ2) is 8.85. The van der Waals surface area contributed by atoms with Gasteiger partial charge in [0.1, 0.15) is 18.3 Å². The lowest BCUT2D eigenvalue weighted by Gasteiger charge is -2.40. The molecule has 2 N–H and O–H groups in total. The molecule has 9 nitrogen and oxygen atoms in total. The Morgan fingerprint density at radius 3 is 2.61 bits per heavy atom. The van der Waals surface area contributed by atoms with Crippen molar-refractivity contribution in [1.82, 2.24) is 14.9 Å². The topological polar surface area (TPSA) is 99.7 Å². The molecule has 12 heteroatoms. The minimum absolute atomic E-state index is 0.0677. The van der Waals surface area contributed by atoms with Gasteiger partial charge < -0.3 is 25.2 Å². The smallest absolute Gasteiger partial charge is 0.372 e. The maximum absolute atomic E-state index is 12.4. The summed E-state index contributed by atoms with van der Waals surface area (Å²) >= 11 is 0. The fourth-order valence-electron chi connectivity index (χ4n) is 3.74. The van der Waals surface area contributed by atoms with Crippen molar-refractivity contribution in [3.8, 4) is 0 Å². The van der Waals surface area contributed by atoms with Crippen molar-refractivity contribution in [2.24, 2.45) is 5.92 Å². The lowest BCUT2D eigenvalue weighted by molar-refractivity contribution is -0.175. The summed E-state index contributed by atoms with van der Waals surface area (Å²) in [5.74, 6) is 0.764. The van der Waals surface area contributed by atoms with Crippen molar-refractivity contribution < 1.29 is 27.5 Å². The highest BCUT2D eigenvalue weighted by Gasteiger charge is 2.36. The molecule has 1 saturated heterocycles. The van der Waals surface area contributed by atoms with Crippen LogP contribution in [0.15, 0.2) is 0 Å². The maximum atomic E-state index is 12.4. The number of carbonyl (C=O) groups is 2. The molecule has 2 aliphatic rings. The summed E-state index contributed by atoms with van der Waals surface area (Å²) in [6.07, 6.45) is -4.49. The highest BCUT2D eigenvalue weighted by molar-refractivity contribution is 6.03. The number of rotatable bonds is 7. The Hall–Kier alpha value is -2.63. The van der Waals surface area contributed by atoms with Crippen LogP contribution in [0.5, 0.6) is 0 Å². The second-order valence-electron chi connectivity index (χ2n) is 8.18. The Kier molecular flexibility index (Phi) is 6.58. The molecule has 0 aromatic carbocycles. The lowest BCUT2D eigenvalue weighted by Crippen LogP contribution is -2.57. The maximum Gasteiger partial charge on any atom is 0.411 e. The van der Waals surface area contributed by atoms with Gasteiger partial charge in [-0.1, -0.05) is 13.8 Å². The molecule has 0 bridgehead atoms. The molecular weight excluding hydrogens is 417 g/mol. The summed E-state index contributed by atoms with van der Waals surface area (Å²) in [5, 5.41) is 6.07. The summed E-state index contributed by atoms with van der Waals surface area (Å²) in [6.45, 7) is 4.89. The number of aromatic nitrogens is 2. The van der Waals surface area contributed by atoms with E-state index >= 15 is 0 Å². The Morgan fingerprint density at radius 2 is 2.00 bits per heavy atom. The molecule has 1 aromatic rings. The fraction of sp³-hybridized carbons (Fsp3) is 0.684. The van der Waals surface area contributed by atoms with Crippen LogP contribution < -0.4 is 15.5 Å². The number of anilines is 3. The summed E-state index contributed by atoms with van der Waals surface area (Å²) < 4.78 is 40.6. The normalized spacial score (nSPS) is 19.2. The SMILES string of the molecule is Cc1nc(NC2CN(C(=O)CCOCC(F)(F)F)C2)nc2c1NC(=O)C(C(C)C)N2C. The van der Waals surface area contributed by atoms with Crippen molar-refractivity contribution in [3.63, 3.8) is 0 Å². The summed E-state index contributed by atoms with van der Waals surface area (Å²) in [4.78, 5) is 36.8. The Morgan fingerprint density at radius 1 is 1.32 bits per heavy atom. The third-order valence-corrected chi connectivity index (χ3v) is 5.26. The van der Waals surface area contributed by atoms with Crippen LogP contribution in [0.4, 0.5) is 30.6 Å². The van der Waals surface area contributed by atoms with Gasteiger partial charge in [-0.3, -0.25) is 9.59 Å². The van der Waals surface area contributed by atoms with Crippen LogP contribution in [-0.4, -0.2) is 78.3 Å². The van der Waals surface area contributed by atoms with Gasteiger partial charge in [0.05, 0.1) is 24.8 Å². The molecule has 31 heavy (non-hydrogen) atoms. The van der Waals surface area contributed by atoms with Crippen molar-refractivity contribution in [1.29, 1.82) is 0 Å². The number of likely N-dealkylation sites (N-methyl/N-ethyl adjacent to an activating group) is 1. The monoisotopic (exact) mass is 444 g/mol. The molecule has 3 heterocycles. The molecule has 1 unspecified atom stereocenters. The zero-order valence-electron chi connectivity index (χ0n) is 17.9. The van der Waals surface area contributed by atoms with Crippen molar-refractivity contribution >= 4 is 29.3 Å². The van der Waals surface area contributed by atoms with E-state index in [2.05, 4.69) is 25.3 Å². The molecule has 0 saturated carbocycles. The average molecular weight is 444 g/mol. The number of ether oxygens (including phenoxy) is 1. The van der Waals surface area contributed by atoms with Crippen molar-refractivity contribution in [3.05, 3.63) is 5.69 Å². The number of likely N-dealkylation sites (tertiary alicyclic amines) is 1. The van der Waals surface area contributed by atoms with Crippen LogP contribution in [-0.2, 0) is 14.3 Å². The molecule has 1 atom stereocenters.